The Hall–Kier alpha value is -1.65. The summed E-state index contributed by atoms with van der Waals surface area (Å²) in [5.74, 6) is 0.176. The van der Waals surface area contributed by atoms with Crippen molar-refractivity contribution in [1.82, 2.24) is 4.98 Å². The molecule has 3 nitrogen and oxygen atoms in total. The van der Waals surface area contributed by atoms with Crippen molar-refractivity contribution in [2.75, 3.05) is 0 Å². The highest BCUT2D eigenvalue weighted by Gasteiger charge is 2.19. The second-order valence-electron chi connectivity index (χ2n) is 4.29. The largest absolute Gasteiger partial charge is 0.482 e. The second-order valence-corrected chi connectivity index (χ2v) is 4.73. The standard InChI is InChI=1S/C14H14ClFN2O/c1-9(17)14(10-3-2-4-12(16)5-10)19-13-6-11(15)7-18-8-13/h2-9,14H,17H2,1H3. The van der Waals surface area contributed by atoms with Crippen LogP contribution in [0.2, 0.25) is 5.02 Å². The summed E-state index contributed by atoms with van der Waals surface area (Å²) in [7, 11) is 0. The van der Waals surface area contributed by atoms with E-state index in [2.05, 4.69) is 4.98 Å². The fourth-order valence-electron chi connectivity index (χ4n) is 1.77. The number of aromatic nitrogens is 1. The van der Waals surface area contributed by atoms with E-state index in [9.17, 15) is 4.39 Å². The molecule has 5 heteroatoms. The molecule has 100 valence electrons. The molecule has 19 heavy (non-hydrogen) atoms. The van der Waals surface area contributed by atoms with Crippen LogP contribution >= 0.6 is 11.6 Å². The van der Waals surface area contributed by atoms with E-state index < -0.39 is 6.10 Å². The molecule has 2 rings (SSSR count). The van der Waals surface area contributed by atoms with Crippen molar-refractivity contribution in [3.05, 3.63) is 59.1 Å². The van der Waals surface area contributed by atoms with Gasteiger partial charge in [-0.05, 0) is 24.6 Å². The zero-order valence-corrected chi connectivity index (χ0v) is 11.1. The predicted molar refractivity (Wildman–Crippen MR) is 72.7 cm³/mol. The van der Waals surface area contributed by atoms with Crippen LogP contribution in [0.5, 0.6) is 5.75 Å². The van der Waals surface area contributed by atoms with Gasteiger partial charge in [-0.3, -0.25) is 4.98 Å². The average molecular weight is 281 g/mol. The lowest BCUT2D eigenvalue weighted by Crippen LogP contribution is -2.29. The second kappa shape index (κ2) is 5.99. The van der Waals surface area contributed by atoms with Crippen LogP contribution in [-0.2, 0) is 0 Å². The molecule has 2 unspecified atom stereocenters. The fraction of sp³-hybridized carbons (Fsp3) is 0.214. The molecule has 0 amide bonds. The van der Waals surface area contributed by atoms with Crippen LogP contribution in [0, 0.1) is 5.82 Å². The summed E-state index contributed by atoms with van der Waals surface area (Å²) in [6.45, 7) is 1.80. The number of ether oxygens (including phenoxy) is 1. The van der Waals surface area contributed by atoms with Gasteiger partial charge in [0.15, 0.2) is 0 Å². The van der Waals surface area contributed by atoms with Gasteiger partial charge in [-0.15, -0.1) is 0 Å². The molecular weight excluding hydrogens is 267 g/mol. The number of hydrogen-bond acceptors (Lipinski definition) is 3. The summed E-state index contributed by atoms with van der Waals surface area (Å²) in [6.07, 6.45) is 2.59. The minimum Gasteiger partial charge on any atom is -0.482 e. The summed E-state index contributed by atoms with van der Waals surface area (Å²) in [5, 5.41) is 0.472. The molecule has 0 radical (unpaired) electrons. The van der Waals surface area contributed by atoms with E-state index in [0.717, 1.165) is 0 Å². The van der Waals surface area contributed by atoms with Gasteiger partial charge < -0.3 is 10.5 Å². The third-order valence-electron chi connectivity index (χ3n) is 2.60. The van der Waals surface area contributed by atoms with Gasteiger partial charge in [0.05, 0.1) is 11.2 Å². The number of rotatable bonds is 4. The predicted octanol–water partition coefficient (Wildman–Crippen LogP) is 3.34. The number of pyridine rings is 1. The van der Waals surface area contributed by atoms with Crippen LogP contribution in [0.15, 0.2) is 42.7 Å². The molecule has 0 saturated heterocycles. The molecule has 1 aromatic carbocycles. The molecule has 2 N–H and O–H groups in total. The summed E-state index contributed by atoms with van der Waals surface area (Å²) in [4.78, 5) is 3.94. The lowest BCUT2D eigenvalue weighted by molar-refractivity contribution is 0.179. The minimum absolute atomic E-state index is 0.305. The van der Waals surface area contributed by atoms with E-state index >= 15 is 0 Å². The average Bonchev–Trinajstić information content (AvgIpc) is 2.35. The van der Waals surface area contributed by atoms with Gasteiger partial charge in [0.25, 0.3) is 0 Å². The molecule has 0 saturated carbocycles. The molecule has 2 aromatic rings. The number of nitrogens with two attached hydrogens (primary N) is 1. The van der Waals surface area contributed by atoms with Crippen LogP contribution in [0.4, 0.5) is 4.39 Å². The quantitative estimate of drug-likeness (QED) is 0.934. The molecule has 0 bridgehead atoms. The number of nitrogens with zero attached hydrogens (tertiary/aromatic N) is 1. The molecule has 0 aliphatic carbocycles. The van der Waals surface area contributed by atoms with E-state index in [4.69, 9.17) is 22.1 Å². The maximum absolute atomic E-state index is 13.3. The Morgan fingerprint density at radius 1 is 1.32 bits per heavy atom. The summed E-state index contributed by atoms with van der Waals surface area (Å²) in [6, 6.07) is 7.52. The Bertz CT molecular complexity index is 563. The SMILES string of the molecule is CC(N)C(Oc1cncc(Cl)c1)c1cccc(F)c1. The van der Waals surface area contributed by atoms with E-state index in [1.54, 1.807) is 31.3 Å². The van der Waals surface area contributed by atoms with Crippen molar-refractivity contribution >= 4 is 11.6 Å². The Balaban J connectivity index is 2.26. The first-order chi connectivity index (χ1) is 9.06. The van der Waals surface area contributed by atoms with Crippen molar-refractivity contribution in [2.45, 2.75) is 19.1 Å². The maximum Gasteiger partial charge on any atom is 0.140 e. The highest BCUT2D eigenvalue weighted by atomic mass is 35.5. The first-order valence-corrected chi connectivity index (χ1v) is 6.22. The third-order valence-corrected chi connectivity index (χ3v) is 2.80. The zero-order chi connectivity index (χ0) is 13.8. The van der Waals surface area contributed by atoms with Gasteiger partial charge in [0.1, 0.15) is 17.7 Å². The normalized spacial score (nSPS) is 13.9. The highest BCUT2D eigenvalue weighted by Crippen LogP contribution is 2.25. The van der Waals surface area contributed by atoms with Crippen LogP contribution in [0.25, 0.3) is 0 Å². The topological polar surface area (TPSA) is 48.1 Å². The first kappa shape index (κ1) is 13.8. The summed E-state index contributed by atoms with van der Waals surface area (Å²) >= 11 is 5.85. The highest BCUT2D eigenvalue weighted by molar-refractivity contribution is 6.30. The molecule has 2 atom stereocenters. The van der Waals surface area contributed by atoms with Gasteiger partial charge in [0, 0.05) is 18.3 Å². The van der Waals surface area contributed by atoms with Gasteiger partial charge >= 0.3 is 0 Å². The van der Waals surface area contributed by atoms with Gasteiger partial charge in [-0.25, -0.2) is 4.39 Å². The van der Waals surface area contributed by atoms with Crippen LogP contribution in [-0.4, -0.2) is 11.0 Å². The molecule has 0 fully saturated rings. The van der Waals surface area contributed by atoms with E-state index in [1.165, 1.54) is 18.3 Å². The van der Waals surface area contributed by atoms with Gasteiger partial charge in [0.2, 0.25) is 0 Å². The van der Waals surface area contributed by atoms with Crippen molar-refractivity contribution in [2.24, 2.45) is 5.73 Å². The Morgan fingerprint density at radius 2 is 2.11 bits per heavy atom. The number of hydrogen-bond donors (Lipinski definition) is 1. The maximum atomic E-state index is 13.3. The Morgan fingerprint density at radius 3 is 2.74 bits per heavy atom. The van der Waals surface area contributed by atoms with Gasteiger partial charge in [-0.1, -0.05) is 23.7 Å². The van der Waals surface area contributed by atoms with Crippen molar-refractivity contribution < 1.29 is 9.13 Å². The number of halogens is 2. The van der Waals surface area contributed by atoms with Crippen LogP contribution < -0.4 is 10.5 Å². The molecule has 0 aliphatic heterocycles. The van der Waals surface area contributed by atoms with Crippen LogP contribution in [0.1, 0.15) is 18.6 Å². The van der Waals surface area contributed by atoms with Crippen molar-refractivity contribution in [3.63, 3.8) is 0 Å². The van der Waals surface area contributed by atoms with Crippen molar-refractivity contribution in [1.29, 1.82) is 0 Å². The monoisotopic (exact) mass is 280 g/mol. The Kier molecular flexibility index (Phi) is 4.35. The smallest absolute Gasteiger partial charge is 0.140 e. The van der Waals surface area contributed by atoms with Gasteiger partial charge in [-0.2, -0.15) is 0 Å². The van der Waals surface area contributed by atoms with Crippen LogP contribution in [0.3, 0.4) is 0 Å². The lowest BCUT2D eigenvalue weighted by atomic mass is 10.0. The molecular formula is C14H14ClFN2O. The molecule has 0 spiro atoms. The molecule has 1 heterocycles. The summed E-state index contributed by atoms with van der Waals surface area (Å²) < 4.78 is 19.0. The molecule has 0 aliphatic rings. The minimum atomic E-state index is -0.462. The van der Waals surface area contributed by atoms with Crippen molar-refractivity contribution in [3.8, 4) is 5.75 Å². The fourth-order valence-corrected chi connectivity index (χ4v) is 1.93. The zero-order valence-electron chi connectivity index (χ0n) is 10.4. The summed E-state index contributed by atoms with van der Waals surface area (Å²) in [5.41, 5.74) is 6.58. The Labute approximate surface area is 116 Å². The first-order valence-electron chi connectivity index (χ1n) is 5.84. The van der Waals surface area contributed by atoms with E-state index in [-0.39, 0.29) is 11.9 Å². The number of benzene rings is 1. The van der Waals surface area contributed by atoms with E-state index in [1.807, 2.05) is 0 Å². The third kappa shape index (κ3) is 3.66. The molecule has 1 aromatic heterocycles. The lowest BCUT2D eigenvalue weighted by Gasteiger charge is -2.22. The van der Waals surface area contributed by atoms with E-state index in [0.29, 0.717) is 16.3 Å².